The summed E-state index contributed by atoms with van der Waals surface area (Å²) >= 11 is 1.64. The number of rotatable bonds is 4. The molecule has 7 heteroatoms. The molecule has 0 aromatic carbocycles. The van der Waals surface area contributed by atoms with Crippen molar-refractivity contribution in [3.63, 3.8) is 0 Å². The first kappa shape index (κ1) is 16.7. The fraction of sp³-hybridized carbons (Fsp3) is 0.750. The van der Waals surface area contributed by atoms with Crippen molar-refractivity contribution in [1.82, 2.24) is 14.8 Å². The molecule has 23 heavy (non-hydrogen) atoms. The van der Waals surface area contributed by atoms with Crippen molar-refractivity contribution in [2.45, 2.75) is 25.9 Å². The molecule has 128 valence electrons. The number of carbonyl (C=O) groups excluding carboxylic acids is 1. The predicted molar refractivity (Wildman–Crippen MR) is 91.8 cm³/mol. The molecule has 0 saturated carbocycles. The summed E-state index contributed by atoms with van der Waals surface area (Å²) in [5, 5.41) is 12.5. The minimum absolute atomic E-state index is 0.0935. The molecule has 3 heterocycles. The fourth-order valence-corrected chi connectivity index (χ4v) is 4.19. The molecule has 1 N–H and O–H groups in total. The molecule has 0 bridgehead atoms. The molecule has 1 aromatic heterocycles. The molecule has 1 amide bonds. The number of aliphatic hydroxyl groups is 1. The number of aliphatic hydroxyl groups excluding tert-OH is 1. The molecule has 2 aliphatic heterocycles. The van der Waals surface area contributed by atoms with Crippen molar-refractivity contribution in [3.05, 3.63) is 11.6 Å². The molecule has 2 aliphatic rings. The maximum atomic E-state index is 12.8. The fourth-order valence-electron chi connectivity index (χ4n) is 3.51. The first-order valence-corrected chi connectivity index (χ1v) is 9.35. The SMILES string of the molecule is C[C@H](O)CN1CCN(C(=O)[C@@H]2CCCN(c3nccs3)C2)CC1. The van der Waals surface area contributed by atoms with E-state index in [1.165, 1.54) is 0 Å². The van der Waals surface area contributed by atoms with Crippen LogP contribution >= 0.6 is 11.3 Å². The van der Waals surface area contributed by atoms with Crippen LogP contribution in [0.5, 0.6) is 0 Å². The summed E-state index contributed by atoms with van der Waals surface area (Å²) in [7, 11) is 0. The molecular formula is C16H26N4O2S. The lowest BCUT2D eigenvalue weighted by Crippen LogP contribution is -2.53. The molecule has 2 fully saturated rings. The van der Waals surface area contributed by atoms with Gasteiger partial charge in [0.05, 0.1) is 12.0 Å². The van der Waals surface area contributed by atoms with Crippen molar-refractivity contribution >= 4 is 22.4 Å². The molecular weight excluding hydrogens is 312 g/mol. The molecule has 0 radical (unpaired) electrons. The molecule has 0 spiro atoms. The van der Waals surface area contributed by atoms with Gasteiger partial charge < -0.3 is 14.9 Å². The number of nitrogens with zero attached hydrogens (tertiary/aromatic N) is 4. The second-order valence-electron chi connectivity index (χ2n) is 6.57. The summed E-state index contributed by atoms with van der Waals surface area (Å²) in [6, 6.07) is 0. The Hall–Kier alpha value is -1.18. The van der Waals surface area contributed by atoms with Crippen LogP contribution in [0, 0.1) is 5.92 Å². The van der Waals surface area contributed by atoms with Gasteiger partial charge in [-0.2, -0.15) is 0 Å². The molecule has 0 unspecified atom stereocenters. The Labute approximate surface area is 141 Å². The van der Waals surface area contributed by atoms with Crippen LogP contribution in [-0.2, 0) is 4.79 Å². The number of β-amino-alcohol motifs (C(OH)–C–C–N with tert-alkyl or cyclic N) is 1. The predicted octanol–water partition coefficient (Wildman–Crippen LogP) is 0.884. The summed E-state index contributed by atoms with van der Waals surface area (Å²) in [5.41, 5.74) is 0. The second-order valence-corrected chi connectivity index (χ2v) is 7.45. The van der Waals surface area contributed by atoms with Crippen molar-refractivity contribution in [2.75, 3.05) is 50.7 Å². The van der Waals surface area contributed by atoms with Gasteiger partial charge in [0, 0.05) is 57.4 Å². The standard InChI is InChI=1S/C16H26N4O2S/c1-13(21)11-18-6-8-19(9-7-18)15(22)14-3-2-5-20(12-14)16-17-4-10-23-16/h4,10,13-14,21H,2-3,5-9,11-12H2,1H3/t13-,14+/m0/s1. The maximum absolute atomic E-state index is 12.8. The molecule has 3 rings (SSSR count). The number of hydrogen-bond acceptors (Lipinski definition) is 6. The monoisotopic (exact) mass is 338 g/mol. The van der Waals surface area contributed by atoms with Gasteiger partial charge in [0.15, 0.2) is 5.13 Å². The van der Waals surface area contributed by atoms with E-state index in [9.17, 15) is 9.90 Å². The van der Waals surface area contributed by atoms with Crippen LogP contribution in [0.3, 0.4) is 0 Å². The number of amides is 1. The third kappa shape index (κ3) is 4.22. The van der Waals surface area contributed by atoms with E-state index in [1.54, 1.807) is 11.3 Å². The minimum atomic E-state index is -0.303. The summed E-state index contributed by atoms with van der Waals surface area (Å²) in [4.78, 5) is 23.7. The van der Waals surface area contributed by atoms with Crippen molar-refractivity contribution in [1.29, 1.82) is 0 Å². The van der Waals surface area contributed by atoms with Crippen LogP contribution in [0.2, 0.25) is 0 Å². The summed E-state index contributed by atoms with van der Waals surface area (Å²) in [5.74, 6) is 0.388. The van der Waals surface area contributed by atoms with Crippen molar-refractivity contribution in [2.24, 2.45) is 5.92 Å². The van der Waals surface area contributed by atoms with Gasteiger partial charge >= 0.3 is 0 Å². The first-order chi connectivity index (χ1) is 11.1. The van der Waals surface area contributed by atoms with E-state index in [0.717, 1.165) is 57.2 Å². The Bertz CT molecular complexity index is 500. The van der Waals surface area contributed by atoms with E-state index >= 15 is 0 Å². The lowest BCUT2D eigenvalue weighted by molar-refractivity contribution is -0.137. The Morgan fingerprint density at radius 1 is 1.39 bits per heavy atom. The third-order valence-corrected chi connectivity index (χ3v) is 5.50. The zero-order chi connectivity index (χ0) is 16.2. The minimum Gasteiger partial charge on any atom is -0.392 e. The Morgan fingerprint density at radius 3 is 2.83 bits per heavy atom. The van der Waals surface area contributed by atoms with Gasteiger partial charge in [-0.1, -0.05) is 0 Å². The van der Waals surface area contributed by atoms with Crippen molar-refractivity contribution < 1.29 is 9.90 Å². The van der Waals surface area contributed by atoms with Gasteiger partial charge in [-0.05, 0) is 19.8 Å². The Morgan fingerprint density at radius 2 is 2.17 bits per heavy atom. The van der Waals surface area contributed by atoms with E-state index in [-0.39, 0.29) is 12.0 Å². The van der Waals surface area contributed by atoms with Gasteiger partial charge in [-0.25, -0.2) is 4.98 Å². The second kappa shape index (κ2) is 7.59. The van der Waals surface area contributed by atoms with E-state index < -0.39 is 0 Å². The number of anilines is 1. The Kier molecular flexibility index (Phi) is 5.50. The highest BCUT2D eigenvalue weighted by molar-refractivity contribution is 7.13. The normalized spacial score (nSPS) is 24.7. The number of aromatic nitrogens is 1. The quantitative estimate of drug-likeness (QED) is 0.883. The number of carbonyl (C=O) groups is 1. The van der Waals surface area contributed by atoms with E-state index in [2.05, 4.69) is 14.8 Å². The largest absolute Gasteiger partial charge is 0.392 e. The van der Waals surface area contributed by atoms with Crippen LogP contribution < -0.4 is 4.90 Å². The van der Waals surface area contributed by atoms with Crippen LogP contribution in [0.4, 0.5) is 5.13 Å². The summed E-state index contributed by atoms with van der Waals surface area (Å²) in [6.07, 6.45) is 3.56. The molecule has 0 aliphatic carbocycles. The first-order valence-electron chi connectivity index (χ1n) is 8.47. The van der Waals surface area contributed by atoms with Crippen molar-refractivity contribution in [3.8, 4) is 0 Å². The third-order valence-electron chi connectivity index (χ3n) is 4.67. The number of thiazole rings is 1. The van der Waals surface area contributed by atoms with Crippen LogP contribution in [0.1, 0.15) is 19.8 Å². The number of piperazine rings is 1. The van der Waals surface area contributed by atoms with Gasteiger partial charge in [0.25, 0.3) is 0 Å². The highest BCUT2D eigenvalue weighted by Gasteiger charge is 2.31. The average molecular weight is 338 g/mol. The summed E-state index contributed by atoms with van der Waals surface area (Å²) < 4.78 is 0. The van der Waals surface area contributed by atoms with Gasteiger partial charge in [-0.3, -0.25) is 9.69 Å². The van der Waals surface area contributed by atoms with Crippen LogP contribution in [0.25, 0.3) is 0 Å². The van der Waals surface area contributed by atoms with E-state index in [4.69, 9.17) is 0 Å². The molecule has 6 nitrogen and oxygen atoms in total. The van der Waals surface area contributed by atoms with Gasteiger partial charge in [0.2, 0.25) is 5.91 Å². The highest BCUT2D eigenvalue weighted by atomic mass is 32.1. The zero-order valence-electron chi connectivity index (χ0n) is 13.7. The van der Waals surface area contributed by atoms with Gasteiger partial charge in [-0.15, -0.1) is 11.3 Å². The van der Waals surface area contributed by atoms with Crippen LogP contribution in [0.15, 0.2) is 11.6 Å². The average Bonchev–Trinajstić information content (AvgIpc) is 3.09. The lowest BCUT2D eigenvalue weighted by Gasteiger charge is -2.39. The van der Waals surface area contributed by atoms with Gasteiger partial charge in [0.1, 0.15) is 0 Å². The number of hydrogen-bond donors (Lipinski definition) is 1. The molecule has 1 aromatic rings. The zero-order valence-corrected chi connectivity index (χ0v) is 14.5. The molecule has 2 atom stereocenters. The van der Waals surface area contributed by atoms with Crippen LogP contribution in [-0.4, -0.2) is 77.7 Å². The lowest BCUT2D eigenvalue weighted by atomic mass is 9.96. The smallest absolute Gasteiger partial charge is 0.227 e. The van der Waals surface area contributed by atoms with E-state index in [1.807, 2.05) is 23.4 Å². The topological polar surface area (TPSA) is 59.9 Å². The molecule has 2 saturated heterocycles. The Balaban J connectivity index is 1.52. The van der Waals surface area contributed by atoms with E-state index in [0.29, 0.717) is 12.5 Å². The maximum Gasteiger partial charge on any atom is 0.227 e. The number of piperidine rings is 1. The summed E-state index contributed by atoms with van der Waals surface area (Å²) in [6.45, 7) is 7.58. The highest BCUT2D eigenvalue weighted by Crippen LogP contribution is 2.26.